The number of aryl methyl sites for hydroxylation is 1. The molecule has 1 aromatic rings. The summed E-state index contributed by atoms with van der Waals surface area (Å²) in [4.78, 5) is 7.14. The van der Waals surface area contributed by atoms with Crippen LogP contribution in [0.2, 0.25) is 0 Å². The van der Waals surface area contributed by atoms with Crippen molar-refractivity contribution in [3.8, 4) is 0 Å². The van der Waals surface area contributed by atoms with Crippen molar-refractivity contribution in [1.82, 2.24) is 10.2 Å². The highest BCUT2D eigenvalue weighted by atomic mass is 15.2. The van der Waals surface area contributed by atoms with Crippen LogP contribution in [-0.2, 0) is 0 Å². The first-order valence-corrected chi connectivity index (χ1v) is 8.53. The molecular formula is C20H29N3. The molecule has 3 nitrogen and oxygen atoms in total. The van der Waals surface area contributed by atoms with Gasteiger partial charge in [0.25, 0.3) is 0 Å². The van der Waals surface area contributed by atoms with Crippen molar-refractivity contribution in [3.63, 3.8) is 0 Å². The van der Waals surface area contributed by atoms with Crippen molar-refractivity contribution in [2.24, 2.45) is 4.99 Å². The van der Waals surface area contributed by atoms with Gasteiger partial charge < -0.3 is 5.32 Å². The molecule has 0 aliphatic carbocycles. The summed E-state index contributed by atoms with van der Waals surface area (Å²) in [5, 5.41) is 3.52. The molecule has 1 N–H and O–H groups in total. The molecule has 0 unspecified atom stereocenters. The fourth-order valence-electron chi connectivity index (χ4n) is 2.95. The molecule has 1 aliphatic rings. The van der Waals surface area contributed by atoms with E-state index in [2.05, 4.69) is 75.3 Å². The summed E-state index contributed by atoms with van der Waals surface area (Å²) in [6.45, 7) is 10.4. The first-order chi connectivity index (χ1) is 11.0. The van der Waals surface area contributed by atoms with Gasteiger partial charge in [-0.3, -0.25) is 4.90 Å². The minimum absolute atomic E-state index is 0.823. The normalized spacial score (nSPS) is 16.3. The molecule has 0 spiro atoms. The molecule has 1 aromatic carbocycles. The lowest BCUT2D eigenvalue weighted by Gasteiger charge is -2.25. The predicted molar refractivity (Wildman–Crippen MR) is 101 cm³/mol. The Morgan fingerprint density at radius 2 is 2.04 bits per heavy atom. The first kappa shape index (κ1) is 17.5. The lowest BCUT2D eigenvalue weighted by Crippen LogP contribution is -2.36. The third-order valence-corrected chi connectivity index (χ3v) is 3.88. The van der Waals surface area contributed by atoms with Gasteiger partial charge in [-0.25, -0.2) is 4.99 Å². The largest absolute Gasteiger partial charge is 0.342 e. The van der Waals surface area contributed by atoms with E-state index >= 15 is 0 Å². The van der Waals surface area contributed by atoms with Gasteiger partial charge in [-0.1, -0.05) is 43.7 Å². The summed E-state index contributed by atoms with van der Waals surface area (Å²) in [5.74, 6) is 1.02. The third kappa shape index (κ3) is 4.80. The second-order valence-electron chi connectivity index (χ2n) is 6.36. The van der Waals surface area contributed by atoms with E-state index < -0.39 is 0 Å². The summed E-state index contributed by atoms with van der Waals surface area (Å²) < 4.78 is 0. The summed E-state index contributed by atoms with van der Waals surface area (Å²) in [6, 6.07) is 6.48. The van der Waals surface area contributed by atoms with Crippen LogP contribution in [0, 0.1) is 6.92 Å². The monoisotopic (exact) mass is 311 g/mol. The zero-order valence-corrected chi connectivity index (χ0v) is 15.1. The highest BCUT2D eigenvalue weighted by Crippen LogP contribution is 2.30. The minimum atomic E-state index is 0.823. The smallest absolute Gasteiger partial charge is 0.121 e. The van der Waals surface area contributed by atoms with Crippen LogP contribution in [0.15, 0.2) is 40.9 Å². The van der Waals surface area contributed by atoms with Gasteiger partial charge in [-0.2, -0.15) is 0 Å². The maximum atomic E-state index is 4.84. The van der Waals surface area contributed by atoms with Gasteiger partial charge in [-0.05, 0) is 45.4 Å². The highest BCUT2D eigenvalue weighted by Gasteiger charge is 2.17. The van der Waals surface area contributed by atoms with E-state index in [0.29, 0.717) is 0 Å². The fourth-order valence-corrected chi connectivity index (χ4v) is 2.95. The Kier molecular flexibility index (Phi) is 6.17. The Hall–Kier alpha value is -1.87. The number of nitrogens with one attached hydrogen (secondary N) is 1. The Bertz CT molecular complexity index is 638. The summed E-state index contributed by atoms with van der Waals surface area (Å²) >= 11 is 0. The van der Waals surface area contributed by atoms with Crippen LogP contribution in [-0.4, -0.2) is 30.9 Å². The topological polar surface area (TPSA) is 27.6 Å². The van der Waals surface area contributed by atoms with Gasteiger partial charge in [-0.15, -0.1) is 0 Å². The third-order valence-electron chi connectivity index (χ3n) is 3.88. The maximum absolute atomic E-state index is 4.84. The number of likely N-dealkylation sites (N-methyl/N-ethyl adjacent to an activating group) is 1. The zero-order chi connectivity index (χ0) is 16.8. The van der Waals surface area contributed by atoms with Crippen LogP contribution in [0.3, 0.4) is 0 Å². The molecule has 0 radical (unpaired) electrons. The molecule has 124 valence electrons. The molecule has 0 saturated heterocycles. The molecule has 0 amide bonds. The van der Waals surface area contributed by atoms with Gasteiger partial charge in [0, 0.05) is 17.8 Å². The number of nitrogens with zero attached hydrogens (tertiary/aromatic N) is 2. The minimum Gasteiger partial charge on any atom is -0.342 e. The Morgan fingerprint density at radius 3 is 2.74 bits per heavy atom. The molecule has 0 fully saturated rings. The predicted octanol–water partition coefficient (Wildman–Crippen LogP) is 4.67. The van der Waals surface area contributed by atoms with E-state index in [4.69, 9.17) is 4.99 Å². The molecule has 1 heterocycles. The second-order valence-corrected chi connectivity index (χ2v) is 6.36. The molecule has 0 saturated carbocycles. The van der Waals surface area contributed by atoms with Crippen LogP contribution in [0.25, 0.3) is 5.70 Å². The SMILES string of the molecule is CC/C=C(/C)CN(C)CC1=Nc2cc(C)ccc2/C(=C\CC)N1. The number of hydrogen-bond acceptors (Lipinski definition) is 3. The van der Waals surface area contributed by atoms with Crippen LogP contribution in [0.1, 0.15) is 44.7 Å². The summed E-state index contributed by atoms with van der Waals surface area (Å²) in [6.07, 6.45) is 6.63. The average Bonchev–Trinajstić information content (AvgIpc) is 2.47. The van der Waals surface area contributed by atoms with E-state index in [0.717, 1.165) is 37.5 Å². The van der Waals surface area contributed by atoms with Gasteiger partial charge >= 0.3 is 0 Å². The van der Waals surface area contributed by atoms with Crippen molar-refractivity contribution in [2.45, 2.75) is 40.5 Å². The summed E-state index contributed by atoms with van der Waals surface area (Å²) in [7, 11) is 2.15. The maximum Gasteiger partial charge on any atom is 0.121 e. The van der Waals surface area contributed by atoms with Crippen LogP contribution < -0.4 is 5.32 Å². The fraction of sp³-hybridized carbons (Fsp3) is 0.450. The van der Waals surface area contributed by atoms with Crippen LogP contribution in [0.5, 0.6) is 0 Å². The number of allylic oxidation sites excluding steroid dienone is 2. The Labute approximate surface area is 140 Å². The Morgan fingerprint density at radius 1 is 1.26 bits per heavy atom. The number of hydrogen-bond donors (Lipinski definition) is 1. The van der Waals surface area contributed by atoms with Crippen molar-refractivity contribution in [3.05, 3.63) is 47.1 Å². The molecule has 0 aromatic heterocycles. The van der Waals surface area contributed by atoms with Crippen molar-refractivity contribution < 1.29 is 0 Å². The quantitative estimate of drug-likeness (QED) is 0.773. The van der Waals surface area contributed by atoms with Gasteiger partial charge in [0.1, 0.15) is 5.84 Å². The van der Waals surface area contributed by atoms with Crippen molar-refractivity contribution in [1.29, 1.82) is 0 Å². The Balaban J connectivity index is 2.20. The van der Waals surface area contributed by atoms with E-state index in [1.165, 1.54) is 22.4 Å². The molecule has 3 heteroatoms. The van der Waals surface area contributed by atoms with Gasteiger partial charge in [0.05, 0.1) is 12.2 Å². The van der Waals surface area contributed by atoms with E-state index in [-0.39, 0.29) is 0 Å². The lowest BCUT2D eigenvalue weighted by molar-refractivity contribution is 0.411. The average molecular weight is 311 g/mol. The zero-order valence-electron chi connectivity index (χ0n) is 15.1. The number of fused-ring (bicyclic) bond motifs is 1. The molecule has 2 rings (SSSR count). The van der Waals surface area contributed by atoms with E-state index in [1.54, 1.807) is 0 Å². The van der Waals surface area contributed by atoms with Gasteiger partial charge in [0.2, 0.25) is 0 Å². The van der Waals surface area contributed by atoms with Crippen molar-refractivity contribution >= 4 is 17.2 Å². The van der Waals surface area contributed by atoms with Crippen molar-refractivity contribution in [2.75, 3.05) is 20.1 Å². The second kappa shape index (κ2) is 8.11. The van der Waals surface area contributed by atoms with E-state index in [1.807, 2.05) is 0 Å². The molecule has 1 aliphatic heterocycles. The number of aliphatic imine (C=N–C) groups is 1. The number of benzene rings is 1. The highest BCUT2D eigenvalue weighted by molar-refractivity contribution is 5.99. The van der Waals surface area contributed by atoms with Crippen LogP contribution in [0.4, 0.5) is 5.69 Å². The van der Waals surface area contributed by atoms with Gasteiger partial charge in [0.15, 0.2) is 0 Å². The molecule has 23 heavy (non-hydrogen) atoms. The molecule has 0 atom stereocenters. The molecular weight excluding hydrogens is 282 g/mol. The van der Waals surface area contributed by atoms with E-state index in [9.17, 15) is 0 Å². The lowest BCUT2D eigenvalue weighted by atomic mass is 10.0. The number of amidine groups is 1. The molecule has 0 bridgehead atoms. The van der Waals surface area contributed by atoms with Crippen LogP contribution >= 0.6 is 0 Å². The standard InChI is InChI=1S/C20H29N3/c1-6-8-16(4)13-23(5)14-20-21-18(9-7-2)17-11-10-15(3)12-19(17)22-20/h8-12H,6-7,13-14H2,1-5H3,(H,21,22)/b16-8-,18-9+. The number of rotatable bonds is 6. The first-order valence-electron chi connectivity index (χ1n) is 8.53. The summed E-state index contributed by atoms with van der Waals surface area (Å²) in [5.41, 5.74) is 6.12.